The maximum absolute atomic E-state index is 7.10. The van der Waals surface area contributed by atoms with Crippen molar-refractivity contribution < 1.29 is 13.7 Å². The monoisotopic (exact) mass is 549 g/mol. The summed E-state index contributed by atoms with van der Waals surface area (Å²) in [5.74, 6) is 0. The smallest absolute Gasteiger partial charge is 0.192 e. The first kappa shape index (κ1) is 32.7. The lowest BCUT2D eigenvalue weighted by Gasteiger charge is -2.58. The molecule has 1 saturated heterocycles. The van der Waals surface area contributed by atoms with Gasteiger partial charge in [-0.05, 0) is 80.9 Å². The van der Waals surface area contributed by atoms with E-state index in [4.69, 9.17) is 13.7 Å². The SMILES string of the molecule is CC[C@]1(CO[Si](C)(C)C(C)(C)C)CCC[C@](CC)(CO[Si](C)(C)C(C)(C)C)N1OC(C)c1ccccc1. The van der Waals surface area contributed by atoms with Gasteiger partial charge in [-0.2, -0.15) is 5.06 Å². The number of piperidine rings is 1. The zero-order chi connectivity index (χ0) is 28.3. The molecule has 1 unspecified atom stereocenters. The summed E-state index contributed by atoms with van der Waals surface area (Å²) in [6, 6.07) is 10.6. The van der Waals surface area contributed by atoms with E-state index in [1.807, 2.05) is 0 Å². The van der Waals surface area contributed by atoms with Crippen LogP contribution in [-0.2, 0) is 13.7 Å². The van der Waals surface area contributed by atoms with Gasteiger partial charge >= 0.3 is 0 Å². The number of benzene rings is 1. The Bertz CT molecular complexity index is 800. The molecule has 1 aromatic rings. The van der Waals surface area contributed by atoms with Gasteiger partial charge in [0.25, 0.3) is 0 Å². The molecular weight excluding hydrogens is 491 g/mol. The standard InChI is InChI=1S/C31H59NO3Si2/c1-14-30(24-33-36(10,11)28(4,5)6)22-19-23-31(15-2,25-34-37(12,13)29(7,8)9)32(30)35-26(3)27-20-17-16-18-21-27/h16-18,20-21,26H,14-15,19,22-25H2,1-13H3/t26?,30-,31-/m1/s1. The minimum Gasteiger partial charge on any atom is -0.415 e. The number of rotatable bonds is 11. The van der Waals surface area contributed by atoms with Gasteiger partial charge in [0.15, 0.2) is 16.6 Å². The van der Waals surface area contributed by atoms with E-state index in [-0.39, 0.29) is 27.3 Å². The lowest BCUT2D eigenvalue weighted by molar-refractivity contribution is -0.330. The van der Waals surface area contributed by atoms with Gasteiger partial charge in [0.2, 0.25) is 0 Å². The van der Waals surface area contributed by atoms with Crippen LogP contribution in [0.4, 0.5) is 0 Å². The quantitative estimate of drug-likeness (QED) is 0.257. The Labute approximate surface area is 232 Å². The molecule has 4 nitrogen and oxygen atoms in total. The molecule has 0 aliphatic carbocycles. The van der Waals surface area contributed by atoms with Crippen LogP contribution in [-0.4, -0.2) is 46.0 Å². The first-order valence-electron chi connectivity index (χ1n) is 14.7. The van der Waals surface area contributed by atoms with Gasteiger partial charge in [-0.15, -0.1) is 0 Å². The van der Waals surface area contributed by atoms with Crippen LogP contribution >= 0.6 is 0 Å². The molecule has 1 aliphatic heterocycles. The third kappa shape index (κ3) is 7.37. The molecule has 1 heterocycles. The van der Waals surface area contributed by atoms with Gasteiger partial charge in [0, 0.05) is 0 Å². The number of hydrogen-bond acceptors (Lipinski definition) is 4. The van der Waals surface area contributed by atoms with Gasteiger partial charge in [0.1, 0.15) is 6.10 Å². The second-order valence-corrected chi connectivity index (χ2v) is 24.2. The lowest BCUT2D eigenvalue weighted by Crippen LogP contribution is -2.68. The summed E-state index contributed by atoms with van der Waals surface area (Å²) in [7, 11) is -3.84. The van der Waals surface area contributed by atoms with E-state index < -0.39 is 16.6 Å². The average molecular weight is 550 g/mol. The number of hydrogen-bond donors (Lipinski definition) is 0. The van der Waals surface area contributed by atoms with Crippen LogP contribution in [0.5, 0.6) is 0 Å². The predicted molar refractivity (Wildman–Crippen MR) is 164 cm³/mol. The third-order valence-electron chi connectivity index (χ3n) is 10.0. The minimum atomic E-state index is -1.92. The molecule has 0 spiro atoms. The van der Waals surface area contributed by atoms with Gasteiger partial charge < -0.3 is 8.85 Å². The molecule has 1 fully saturated rings. The fraction of sp³-hybridized carbons (Fsp3) is 0.806. The fourth-order valence-corrected chi connectivity index (χ4v) is 6.91. The second-order valence-electron chi connectivity index (χ2n) is 14.6. The molecule has 0 N–H and O–H groups in total. The highest BCUT2D eigenvalue weighted by atomic mass is 28.4. The highest BCUT2D eigenvalue weighted by molar-refractivity contribution is 6.74. The van der Waals surface area contributed by atoms with Crippen molar-refractivity contribution in [2.75, 3.05) is 13.2 Å². The molecule has 0 amide bonds. The summed E-state index contributed by atoms with van der Waals surface area (Å²) in [5.41, 5.74) is 0.853. The van der Waals surface area contributed by atoms with Gasteiger partial charge in [-0.3, -0.25) is 4.84 Å². The highest BCUT2D eigenvalue weighted by Crippen LogP contribution is 2.47. The Morgan fingerprint density at radius 2 is 1.19 bits per heavy atom. The highest BCUT2D eigenvalue weighted by Gasteiger charge is 2.54. The van der Waals surface area contributed by atoms with E-state index in [1.165, 1.54) is 12.0 Å². The van der Waals surface area contributed by atoms with Crippen molar-refractivity contribution in [3.05, 3.63) is 35.9 Å². The van der Waals surface area contributed by atoms with Crippen LogP contribution in [0.3, 0.4) is 0 Å². The minimum absolute atomic E-state index is 0.0445. The first-order valence-corrected chi connectivity index (χ1v) is 20.5. The van der Waals surface area contributed by atoms with Crippen LogP contribution in [0, 0.1) is 0 Å². The Hall–Kier alpha value is -0.506. The maximum Gasteiger partial charge on any atom is 0.192 e. The van der Waals surface area contributed by atoms with E-state index in [0.717, 1.165) is 25.7 Å². The van der Waals surface area contributed by atoms with Crippen molar-refractivity contribution >= 4 is 16.6 Å². The van der Waals surface area contributed by atoms with Crippen LogP contribution in [0.1, 0.15) is 106 Å². The van der Waals surface area contributed by atoms with Crippen molar-refractivity contribution in [1.29, 1.82) is 0 Å². The Morgan fingerprint density at radius 1 is 0.784 bits per heavy atom. The number of nitrogens with zero attached hydrogens (tertiary/aromatic N) is 1. The topological polar surface area (TPSA) is 30.9 Å². The van der Waals surface area contributed by atoms with Gasteiger partial charge in [0.05, 0.1) is 24.3 Å². The molecule has 2 rings (SSSR count). The molecule has 0 bridgehead atoms. The van der Waals surface area contributed by atoms with E-state index >= 15 is 0 Å². The Balaban J connectivity index is 2.51. The Morgan fingerprint density at radius 3 is 1.54 bits per heavy atom. The van der Waals surface area contributed by atoms with Crippen molar-refractivity contribution in [2.24, 2.45) is 0 Å². The summed E-state index contributed by atoms with van der Waals surface area (Å²) in [4.78, 5) is 7.10. The average Bonchev–Trinajstić information content (AvgIpc) is 2.82. The molecule has 6 heteroatoms. The Kier molecular flexibility index (Phi) is 10.5. The summed E-state index contributed by atoms with van der Waals surface area (Å²) in [6.45, 7) is 31.7. The van der Waals surface area contributed by atoms with Crippen LogP contribution in [0.2, 0.25) is 36.3 Å². The van der Waals surface area contributed by atoms with Crippen LogP contribution in [0.25, 0.3) is 0 Å². The molecule has 0 radical (unpaired) electrons. The molecule has 1 aromatic carbocycles. The third-order valence-corrected chi connectivity index (χ3v) is 19.0. The maximum atomic E-state index is 7.10. The zero-order valence-corrected chi connectivity index (χ0v) is 28.6. The summed E-state index contributed by atoms with van der Waals surface area (Å²) < 4.78 is 13.9. The van der Waals surface area contributed by atoms with Crippen molar-refractivity contribution in [1.82, 2.24) is 5.06 Å². The zero-order valence-electron chi connectivity index (χ0n) is 26.6. The van der Waals surface area contributed by atoms with E-state index in [1.54, 1.807) is 0 Å². The molecule has 3 atom stereocenters. The predicted octanol–water partition coefficient (Wildman–Crippen LogP) is 9.51. The fourth-order valence-electron chi connectivity index (χ4n) is 4.79. The summed E-state index contributed by atoms with van der Waals surface area (Å²) in [5, 5.41) is 2.77. The van der Waals surface area contributed by atoms with Gasteiger partial charge in [-0.1, -0.05) is 85.7 Å². The first-order chi connectivity index (χ1) is 16.9. The molecule has 0 saturated carbocycles. The van der Waals surface area contributed by atoms with Crippen LogP contribution < -0.4 is 0 Å². The van der Waals surface area contributed by atoms with E-state index in [2.05, 4.69) is 124 Å². The lowest BCUT2D eigenvalue weighted by atomic mass is 9.76. The van der Waals surface area contributed by atoms with E-state index in [0.29, 0.717) is 13.2 Å². The molecule has 214 valence electrons. The van der Waals surface area contributed by atoms with Crippen molar-refractivity contribution in [3.8, 4) is 0 Å². The molecule has 0 aromatic heterocycles. The van der Waals surface area contributed by atoms with Crippen LogP contribution in [0.15, 0.2) is 30.3 Å². The van der Waals surface area contributed by atoms with Crippen molar-refractivity contribution in [3.63, 3.8) is 0 Å². The van der Waals surface area contributed by atoms with Crippen molar-refractivity contribution in [2.45, 2.75) is 148 Å². The molecular formula is C31H59NO3Si2. The largest absolute Gasteiger partial charge is 0.415 e. The molecule has 1 aliphatic rings. The normalized spacial score (nSPS) is 25.3. The van der Waals surface area contributed by atoms with Gasteiger partial charge in [-0.25, -0.2) is 0 Å². The molecule has 37 heavy (non-hydrogen) atoms. The number of hydroxylamine groups is 2. The summed E-state index contributed by atoms with van der Waals surface area (Å²) >= 11 is 0. The summed E-state index contributed by atoms with van der Waals surface area (Å²) in [6.07, 6.45) is 5.28. The van der Waals surface area contributed by atoms with E-state index in [9.17, 15) is 0 Å². The second kappa shape index (κ2) is 11.9.